The van der Waals surface area contributed by atoms with E-state index in [0.717, 1.165) is 43.9 Å². The summed E-state index contributed by atoms with van der Waals surface area (Å²) in [6.45, 7) is 8.14. The van der Waals surface area contributed by atoms with Crippen molar-refractivity contribution >= 4 is 18.0 Å². The van der Waals surface area contributed by atoms with Crippen LogP contribution in [0.15, 0.2) is 28.7 Å². The number of oxazole rings is 1. The van der Waals surface area contributed by atoms with Crippen molar-refractivity contribution in [1.29, 1.82) is 5.26 Å². The highest BCUT2D eigenvalue weighted by atomic mass is 16.5. The maximum atomic E-state index is 9.24. The molecule has 2 rings (SSSR count). The summed E-state index contributed by atoms with van der Waals surface area (Å²) in [4.78, 5) is 6.57. The van der Waals surface area contributed by atoms with Gasteiger partial charge in [-0.25, -0.2) is 0 Å². The minimum absolute atomic E-state index is 0.276. The van der Waals surface area contributed by atoms with E-state index in [1.807, 2.05) is 30.3 Å². The van der Waals surface area contributed by atoms with Crippen LogP contribution in [0, 0.1) is 11.3 Å². The normalized spacial score (nSPS) is 11.0. The van der Waals surface area contributed by atoms with E-state index in [9.17, 15) is 5.26 Å². The van der Waals surface area contributed by atoms with Crippen molar-refractivity contribution in [3.8, 4) is 11.8 Å². The van der Waals surface area contributed by atoms with Crippen molar-refractivity contribution in [3.05, 3.63) is 41.4 Å². The SMILES string of the molecule is CCN(CC)CCCNc1oc(C=Cc2cccc(OC)c2)nc1C#N. The number of anilines is 1. The largest absolute Gasteiger partial charge is 0.497 e. The molecule has 0 saturated carbocycles. The first-order valence-electron chi connectivity index (χ1n) is 8.89. The quantitative estimate of drug-likeness (QED) is 0.653. The number of nitriles is 1. The number of aromatic nitrogens is 1. The van der Waals surface area contributed by atoms with Gasteiger partial charge >= 0.3 is 0 Å². The van der Waals surface area contributed by atoms with Gasteiger partial charge in [-0.3, -0.25) is 0 Å². The lowest BCUT2D eigenvalue weighted by molar-refractivity contribution is 0.302. The predicted molar refractivity (Wildman–Crippen MR) is 104 cm³/mol. The van der Waals surface area contributed by atoms with Crippen LogP contribution in [0.1, 0.15) is 37.4 Å². The average Bonchev–Trinajstić information content (AvgIpc) is 3.09. The van der Waals surface area contributed by atoms with E-state index in [-0.39, 0.29) is 5.69 Å². The van der Waals surface area contributed by atoms with E-state index in [0.29, 0.717) is 11.8 Å². The Labute approximate surface area is 155 Å². The van der Waals surface area contributed by atoms with Crippen LogP contribution >= 0.6 is 0 Å². The van der Waals surface area contributed by atoms with E-state index in [1.165, 1.54) is 0 Å². The smallest absolute Gasteiger partial charge is 0.232 e. The number of hydrogen-bond acceptors (Lipinski definition) is 6. The van der Waals surface area contributed by atoms with Gasteiger partial charge < -0.3 is 19.4 Å². The third-order valence-corrected chi connectivity index (χ3v) is 4.09. The first-order chi connectivity index (χ1) is 12.7. The van der Waals surface area contributed by atoms with Gasteiger partial charge in [0.2, 0.25) is 17.5 Å². The van der Waals surface area contributed by atoms with Crippen LogP contribution in [0.5, 0.6) is 5.75 Å². The van der Waals surface area contributed by atoms with E-state index >= 15 is 0 Å². The van der Waals surface area contributed by atoms with Crippen molar-refractivity contribution in [3.63, 3.8) is 0 Å². The zero-order valence-corrected chi connectivity index (χ0v) is 15.7. The molecule has 6 heteroatoms. The first-order valence-corrected chi connectivity index (χ1v) is 8.89. The maximum absolute atomic E-state index is 9.24. The summed E-state index contributed by atoms with van der Waals surface area (Å²) in [6.07, 6.45) is 4.60. The molecule has 6 nitrogen and oxygen atoms in total. The molecule has 0 fully saturated rings. The van der Waals surface area contributed by atoms with E-state index < -0.39 is 0 Å². The molecule has 0 aliphatic carbocycles. The fraction of sp³-hybridized carbons (Fsp3) is 0.400. The standard InChI is InChI=1S/C20H26N4O2/c1-4-24(5-2)13-7-12-22-20-18(15-21)23-19(26-20)11-10-16-8-6-9-17(14-16)25-3/h6,8-11,14,22H,4-5,7,12-13H2,1-3H3. The van der Waals surface area contributed by atoms with E-state index in [1.54, 1.807) is 13.2 Å². The topological polar surface area (TPSA) is 74.3 Å². The Balaban J connectivity index is 1.97. The van der Waals surface area contributed by atoms with Crippen LogP contribution in [0.4, 0.5) is 5.88 Å². The van der Waals surface area contributed by atoms with Crippen LogP contribution in [-0.2, 0) is 0 Å². The third-order valence-electron chi connectivity index (χ3n) is 4.09. The number of rotatable bonds is 10. The van der Waals surface area contributed by atoms with E-state index in [2.05, 4.69) is 35.1 Å². The Kier molecular flexibility index (Phi) is 7.72. The van der Waals surface area contributed by atoms with Gasteiger partial charge in [-0.15, -0.1) is 0 Å². The molecule has 0 amide bonds. The Morgan fingerprint density at radius 3 is 2.81 bits per heavy atom. The molecular weight excluding hydrogens is 328 g/mol. The molecule has 0 radical (unpaired) electrons. The minimum Gasteiger partial charge on any atom is -0.497 e. The summed E-state index contributed by atoms with van der Waals surface area (Å²) in [5.41, 5.74) is 1.24. The second kappa shape index (κ2) is 10.3. The minimum atomic E-state index is 0.276. The van der Waals surface area contributed by atoms with Crippen LogP contribution < -0.4 is 10.1 Å². The summed E-state index contributed by atoms with van der Waals surface area (Å²) in [7, 11) is 1.63. The van der Waals surface area contributed by atoms with Crippen molar-refractivity contribution in [2.24, 2.45) is 0 Å². The highest BCUT2D eigenvalue weighted by Gasteiger charge is 2.11. The zero-order valence-electron chi connectivity index (χ0n) is 15.7. The summed E-state index contributed by atoms with van der Waals surface area (Å²) >= 11 is 0. The van der Waals surface area contributed by atoms with Crippen molar-refractivity contribution in [1.82, 2.24) is 9.88 Å². The van der Waals surface area contributed by atoms with E-state index in [4.69, 9.17) is 9.15 Å². The molecule has 1 heterocycles. The molecule has 138 valence electrons. The van der Waals surface area contributed by atoms with Crippen molar-refractivity contribution in [2.45, 2.75) is 20.3 Å². The first kappa shape index (κ1) is 19.5. The fourth-order valence-electron chi connectivity index (χ4n) is 2.56. The molecule has 0 atom stereocenters. The third kappa shape index (κ3) is 5.64. The summed E-state index contributed by atoms with van der Waals surface area (Å²) in [5, 5.41) is 12.4. The number of benzene rings is 1. The molecule has 1 aromatic carbocycles. The Bertz CT molecular complexity index is 757. The molecule has 1 aromatic heterocycles. The number of nitrogens with one attached hydrogen (secondary N) is 1. The molecule has 0 aliphatic heterocycles. The fourth-order valence-corrected chi connectivity index (χ4v) is 2.56. The second-order valence-corrected chi connectivity index (χ2v) is 5.76. The number of methoxy groups -OCH3 is 1. The van der Waals surface area contributed by atoms with Crippen molar-refractivity contribution in [2.75, 3.05) is 38.6 Å². The van der Waals surface area contributed by atoms with Gasteiger partial charge in [0.25, 0.3) is 0 Å². The Hall–Kier alpha value is -2.78. The maximum Gasteiger partial charge on any atom is 0.232 e. The molecule has 0 bridgehead atoms. The van der Waals surface area contributed by atoms with Crippen LogP contribution in [-0.4, -0.2) is 43.2 Å². The molecule has 1 N–H and O–H groups in total. The molecule has 0 spiro atoms. The predicted octanol–water partition coefficient (Wildman–Crippen LogP) is 3.87. The highest BCUT2D eigenvalue weighted by molar-refractivity contribution is 5.67. The number of ether oxygens (including phenoxy) is 1. The average molecular weight is 354 g/mol. The molecule has 0 aliphatic rings. The van der Waals surface area contributed by atoms with Gasteiger partial charge in [0.05, 0.1) is 7.11 Å². The van der Waals surface area contributed by atoms with Crippen LogP contribution in [0.2, 0.25) is 0 Å². The lowest BCUT2D eigenvalue weighted by atomic mass is 10.2. The van der Waals surface area contributed by atoms with Gasteiger partial charge in [-0.1, -0.05) is 26.0 Å². The molecule has 0 unspecified atom stereocenters. The van der Waals surface area contributed by atoms with Crippen LogP contribution in [0.3, 0.4) is 0 Å². The van der Waals surface area contributed by atoms with Gasteiger partial charge in [-0.2, -0.15) is 10.2 Å². The van der Waals surface area contributed by atoms with Crippen LogP contribution in [0.25, 0.3) is 12.2 Å². The Morgan fingerprint density at radius 2 is 2.12 bits per heavy atom. The van der Waals surface area contributed by atoms with Gasteiger partial charge in [-0.05, 0) is 49.8 Å². The number of hydrogen-bond donors (Lipinski definition) is 1. The molecule has 0 saturated heterocycles. The summed E-state index contributed by atoms with van der Waals surface area (Å²) in [5.74, 6) is 1.61. The molecular formula is C20H26N4O2. The zero-order chi connectivity index (χ0) is 18.8. The molecule has 26 heavy (non-hydrogen) atoms. The van der Waals surface area contributed by atoms with Gasteiger partial charge in [0.1, 0.15) is 11.8 Å². The lowest BCUT2D eigenvalue weighted by Gasteiger charge is -2.17. The second-order valence-electron chi connectivity index (χ2n) is 5.76. The monoisotopic (exact) mass is 354 g/mol. The van der Waals surface area contributed by atoms with Gasteiger partial charge in [0.15, 0.2) is 0 Å². The highest BCUT2D eigenvalue weighted by Crippen LogP contribution is 2.19. The Morgan fingerprint density at radius 1 is 1.31 bits per heavy atom. The summed E-state index contributed by atoms with van der Waals surface area (Å²) < 4.78 is 10.9. The number of nitrogens with zero attached hydrogens (tertiary/aromatic N) is 3. The lowest BCUT2D eigenvalue weighted by Crippen LogP contribution is -2.25. The van der Waals surface area contributed by atoms with Crippen molar-refractivity contribution < 1.29 is 9.15 Å². The molecule has 2 aromatic rings. The summed E-state index contributed by atoms with van der Waals surface area (Å²) in [6, 6.07) is 9.74. The van der Waals surface area contributed by atoms with Gasteiger partial charge in [0, 0.05) is 12.6 Å².